The number of hydrogen-bond donors (Lipinski definition) is 1. The average Bonchev–Trinajstić information content (AvgIpc) is 2.91. The number of anilines is 1. The smallest absolute Gasteiger partial charge is 0.233 e. The summed E-state index contributed by atoms with van der Waals surface area (Å²) in [5.41, 5.74) is 0.162. The maximum absolute atomic E-state index is 13.6. The number of nitrogens with zero attached hydrogens (tertiary/aromatic N) is 2. The first kappa shape index (κ1) is 23.9. The molecule has 3 rings (SSSR count). The molecule has 1 fully saturated rings. The second-order valence-corrected chi connectivity index (χ2v) is 8.45. The normalized spacial score (nSPS) is 24.6. The Kier molecular flexibility index (Phi) is 7.28. The first-order valence-corrected chi connectivity index (χ1v) is 10.7. The van der Waals surface area contributed by atoms with E-state index in [-0.39, 0.29) is 24.3 Å². The molecule has 5 heteroatoms. The van der Waals surface area contributed by atoms with Gasteiger partial charge in [-0.1, -0.05) is 45.0 Å². The van der Waals surface area contributed by atoms with Gasteiger partial charge >= 0.3 is 0 Å². The van der Waals surface area contributed by atoms with Crippen molar-refractivity contribution in [3.8, 4) is 6.07 Å². The largest absolute Gasteiger partial charge is 0.396 e. The molecule has 5 nitrogen and oxygen atoms in total. The summed E-state index contributed by atoms with van der Waals surface area (Å²) in [6.45, 7) is 11.9. The van der Waals surface area contributed by atoms with E-state index in [4.69, 9.17) is 4.74 Å². The summed E-state index contributed by atoms with van der Waals surface area (Å²) in [6.07, 6.45) is 0.402. The van der Waals surface area contributed by atoms with E-state index in [0.717, 1.165) is 16.5 Å². The first-order chi connectivity index (χ1) is 14.2. The lowest BCUT2D eigenvalue weighted by Gasteiger charge is -2.33. The fourth-order valence-corrected chi connectivity index (χ4v) is 4.59. The number of hydrogen-bond acceptors (Lipinski definition) is 4. The number of rotatable bonds is 4. The lowest BCUT2D eigenvalue weighted by atomic mass is 9.75. The second-order valence-electron chi connectivity index (χ2n) is 8.45. The van der Waals surface area contributed by atoms with Crippen molar-refractivity contribution >= 4 is 22.4 Å². The number of carbonyl (C=O) groups excluding carboxylic acids is 1. The maximum Gasteiger partial charge on any atom is 0.233 e. The number of carbonyl (C=O) groups is 1. The van der Waals surface area contributed by atoms with E-state index >= 15 is 0 Å². The van der Waals surface area contributed by atoms with Crippen molar-refractivity contribution in [2.45, 2.75) is 59.2 Å². The molecule has 1 heterocycles. The minimum Gasteiger partial charge on any atom is -0.396 e. The summed E-state index contributed by atoms with van der Waals surface area (Å²) >= 11 is 0. The number of benzene rings is 2. The van der Waals surface area contributed by atoms with Crippen LogP contribution in [-0.4, -0.2) is 35.9 Å². The molecule has 1 aliphatic heterocycles. The summed E-state index contributed by atoms with van der Waals surface area (Å²) in [7, 11) is 1.77. The Hall–Kier alpha value is -2.42. The molecule has 0 aliphatic carbocycles. The summed E-state index contributed by atoms with van der Waals surface area (Å²) in [5.74, 6) is -0.429. The van der Waals surface area contributed by atoms with Crippen LogP contribution in [-0.2, 0) is 9.53 Å². The molecule has 3 unspecified atom stereocenters. The molecule has 2 aromatic carbocycles. The fraction of sp³-hybridized carbons (Fsp3) is 0.520. The summed E-state index contributed by atoms with van der Waals surface area (Å²) in [4.78, 5) is 15.3. The SMILES string of the molecule is CC.CC1C(C(=O)N(C)c2ccc(C#N)c3ccccc23)C(C)(CCO)OC1(C)C. The van der Waals surface area contributed by atoms with Crippen molar-refractivity contribution in [1.82, 2.24) is 0 Å². The van der Waals surface area contributed by atoms with Crippen molar-refractivity contribution in [3.05, 3.63) is 42.0 Å². The Balaban J connectivity index is 0.00000155. The highest BCUT2D eigenvalue weighted by atomic mass is 16.5. The highest BCUT2D eigenvalue weighted by Crippen LogP contribution is 2.49. The Morgan fingerprint density at radius 3 is 2.33 bits per heavy atom. The van der Waals surface area contributed by atoms with Crippen LogP contribution in [0.1, 0.15) is 53.5 Å². The van der Waals surface area contributed by atoms with Gasteiger partial charge in [-0.2, -0.15) is 5.26 Å². The molecule has 0 radical (unpaired) electrons. The van der Waals surface area contributed by atoms with Gasteiger partial charge in [0.2, 0.25) is 5.91 Å². The van der Waals surface area contributed by atoms with Crippen molar-refractivity contribution in [2.75, 3.05) is 18.6 Å². The molecule has 3 atom stereocenters. The second kappa shape index (κ2) is 9.16. The Morgan fingerprint density at radius 1 is 1.17 bits per heavy atom. The average molecular weight is 411 g/mol. The Bertz CT molecular complexity index is 947. The molecule has 162 valence electrons. The molecule has 1 N–H and O–H groups in total. The Labute approximate surface area is 180 Å². The number of aliphatic hydroxyl groups excluding tert-OH is 1. The van der Waals surface area contributed by atoms with E-state index < -0.39 is 11.2 Å². The molecule has 0 saturated carbocycles. The highest BCUT2D eigenvalue weighted by Gasteiger charge is 2.57. The molecule has 1 aliphatic rings. The van der Waals surface area contributed by atoms with Gasteiger partial charge in [-0.05, 0) is 38.8 Å². The highest BCUT2D eigenvalue weighted by molar-refractivity contribution is 6.06. The molecular formula is C25H34N2O3. The molecule has 1 amide bonds. The molecule has 2 aromatic rings. The minimum absolute atomic E-state index is 0.0105. The van der Waals surface area contributed by atoms with Gasteiger partial charge in [0.05, 0.1) is 34.4 Å². The van der Waals surface area contributed by atoms with Crippen LogP contribution in [0.2, 0.25) is 0 Å². The van der Waals surface area contributed by atoms with E-state index in [1.54, 1.807) is 18.0 Å². The lowest BCUT2D eigenvalue weighted by Crippen LogP contribution is -2.46. The minimum atomic E-state index is -0.731. The number of ether oxygens (including phenoxy) is 1. The van der Waals surface area contributed by atoms with Gasteiger partial charge in [-0.25, -0.2) is 0 Å². The molecular weight excluding hydrogens is 376 g/mol. The molecule has 1 saturated heterocycles. The van der Waals surface area contributed by atoms with E-state index in [1.165, 1.54) is 0 Å². The van der Waals surface area contributed by atoms with E-state index in [1.807, 2.05) is 71.9 Å². The van der Waals surface area contributed by atoms with Gasteiger partial charge in [-0.15, -0.1) is 0 Å². The number of aliphatic hydroxyl groups is 1. The van der Waals surface area contributed by atoms with Crippen molar-refractivity contribution in [2.24, 2.45) is 11.8 Å². The summed E-state index contributed by atoms with van der Waals surface area (Å²) < 4.78 is 6.28. The number of fused-ring (bicyclic) bond motifs is 1. The molecule has 0 aromatic heterocycles. The zero-order valence-electron chi connectivity index (χ0n) is 19.2. The zero-order valence-corrected chi connectivity index (χ0v) is 19.2. The van der Waals surface area contributed by atoms with Gasteiger partial charge in [0, 0.05) is 30.8 Å². The third kappa shape index (κ3) is 4.08. The van der Waals surface area contributed by atoms with Crippen LogP contribution in [0.4, 0.5) is 5.69 Å². The predicted octanol–water partition coefficient (Wildman–Crippen LogP) is 4.90. The van der Waals surface area contributed by atoms with Crippen molar-refractivity contribution < 1.29 is 14.6 Å². The van der Waals surface area contributed by atoms with E-state index in [0.29, 0.717) is 12.0 Å². The maximum atomic E-state index is 13.6. The zero-order chi connectivity index (χ0) is 22.7. The van der Waals surface area contributed by atoms with Gasteiger partial charge < -0.3 is 14.7 Å². The fourth-order valence-electron chi connectivity index (χ4n) is 4.59. The third-order valence-corrected chi connectivity index (χ3v) is 6.34. The number of nitriles is 1. The van der Waals surface area contributed by atoms with Crippen molar-refractivity contribution in [1.29, 1.82) is 5.26 Å². The van der Waals surface area contributed by atoms with Crippen LogP contribution in [0.25, 0.3) is 10.8 Å². The van der Waals surface area contributed by atoms with E-state index in [9.17, 15) is 15.2 Å². The van der Waals surface area contributed by atoms with Crippen LogP contribution in [0.15, 0.2) is 36.4 Å². The van der Waals surface area contributed by atoms with Crippen LogP contribution in [0.5, 0.6) is 0 Å². The predicted molar refractivity (Wildman–Crippen MR) is 121 cm³/mol. The van der Waals surface area contributed by atoms with Crippen LogP contribution < -0.4 is 4.90 Å². The van der Waals surface area contributed by atoms with Gasteiger partial charge in [-0.3, -0.25) is 4.79 Å². The van der Waals surface area contributed by atoms with Gasteiger partial charge in [0.15, 0.2) is 0 Å². The van der Waals surface area contributed by atoms with Crippen molar-refractivity contribution in [3.63, 3.8) is 0 Å². The molecule has 30 heavy (non-hydrogen) atoms. The van der Waals surface area contributed by atoms with E-state index in [2.05, 4.69) is 6.07 Å². The summed E-state index contributed by atoms with van der Waals surface area (Å²) in [5, 5.41) is 20.7. The van der Waals surface area contributed by atoms with Crippen LogP contribution in [0, 0.1) is 23.2 Å². The number of amides is 1. The third-order valence-electron chi connectivity index (χ3n) is 6.34. The molecule has 0 spiro atoms. The monoisotopic (exact) mass is 410 g/mol. The van der Waals surface area contributed by atoms with Crippen LogP contribution in [0.3, 0.4) is 0 Å². The Morgan fingerprint density at radius 2 is 1.77 bits per heavy atom. The molecule has 0 bridgehead atoms. The van der Waals surface area contributed by atoms with Gasteiger partial charge in [0.1, 0.15) is 0 Å². The first-order valence-electron chi connectivity index (χ1n) is 10.7. The standard InChI is InChI=1S/C23H28N2O3.C2H6/c1-15-20(23(4,12-13-26)28-22(15,2)3)21(27)25(5)19-11-10-16(14-24)17-8-6-7-9-18(17)19;1-2/h6-11,15,20,26H,12-13H2,1-5H3;1-2H3. The van der Waals surface area contributed by atoms with Crippen LogP contribution >= 0.6 is 0 Å². The van der Waals surface area contributed by atoms with Gasteiger partial charge in [0.25, 0.3) is 0 Å². The summed E-state index contributed by atoms with van der Waals surface area (Å²) in [6, 6.07) is 13.4. The lowest BCUT2D eigenvalue weighted by molar-refractivity contribution is -0.132. The topological polar surface area (TPSA) is 73.6 Å². The quantitative estimate of drug-likeness (QED) is 0.778.